The molecular formula is C76H79Cl6FN16O4. The van der Waals surface area contributed by atoms with E-state index in [1.165, 1.54) is 0 Å². The number of hydrogen-bond donors (Lipinski definition) is 3. The third-order valence-corrected chi connectivity index (χ3v) is 19.8. The molecule has 1 aliphatic rings. The molecule has 3 aromatic carbocycles. The molecule has 0 radical (unpaired) electrons. The molecule has 0 amide bonds. The second-order valence-corrected chi connectivity index (χ2v) is 26.6. The summed E-state index contributed by atoms with van der Waals surface area (Å²) in [5.41, 5.74) is 31.5. The van der Waals surface area contributed by atoms with Crippen LogP contribution in [0.4, 0.5) is 21.8 Å². The molecule has 0 aliphatic heterocycles. The molecule has 0 spiro atoms. The van der Waals surface area contributed by atoms with E-state index in [0.29, 0.717) is 115 Å². The molecule has 0 bridgehead atoms. The van der Waals surface area contributed by atoms with Crippen LogP contribution in [0.2, 0.25) is 30.5 Å². The van der Waals surface area contributed by atoms with E-state index in [2.05, 4.69) is 66.8 Å². The van der Waals surface area contributed by atoms with Gasteiger partial charge >= 0.3 is 0 Å². The van der Waals surface area contributed by atoms with Crippen LogP contribution in [-0.4, -0.2) is 116 Å². The van der Waals surface area contributed by atoms with Crippen molar-refractivity contribution in [2.75, 3.05) is 64.2 Å². The molecule has 20 nitrogen and oxygen atoms in total. The molecule has 536 valence electrons. The molecule has 0 fully saturated rings. The average Bonchev–Trinajstić information content (AvgIpc) is 1.75. The van der Waals surface area contributed by atoms with Crippen LogP contribution in [0.1, 0.15) is 142 Å². The number of hydrogen-bond acceptors (Lipinski definition) is 17. The van der Waals surface area contributed by atoms with E-state index in [1.54, 1.807) is 72.1 Å². The Morgan fingerprint density at radius 2 is 0.932 bits per heavy atom. The number of allylic oxidation sites excluding steroid dienone is 4. The van der Waals surface area contributed by atoms with Crippen molar-refractivity contribution >= 4 is 126 Å². The van der Waals surface area contributed by atoms with Gasteiger partial charge in [0.25, 0.3) is 0 Å². The number of nitrogen functional groups attached to an aromatic ring is 3. The fourth-order valence-corrected chi connectivity index (χ4v) is 14.0. The van der Waals surface area contributed by atoms with Crippen molar-refractivity contribution < 1.29 is 23.4 Å². The smallest absolute Gasteiger partial charge is 0.159 e. The molecule has 8 aromatic heterocycles. The third kappa shape index (κ3) is 15.2. The highest BCUT2D eigenvalue weighted by molar-refractivity contribution is 6.35. The fourth-order valence-electron chi connectivity index (χ4n) is 12.5. The summed E-state index contributed by atoms with van der Waals surface area (Å²) >= 11 is 39.1. The first-order valence-electron chi connectivity index (χ1n) is 33.3. The van der Waals surface area contributed by atoms with Gasteiger partial charge in [-0.3, -0.25) is 28.0 Å². The largest absolute Gasteiger partial charge is 0.493 e. The Balaban J connectivity index is 0.000000167. The van der Waals surface area contributed by atoms with Gasteiger partial charge in [-0.1, -0.05) is 128 Å². The monoisotopic (exact) mass is 1510 g/mol. The summed E-state index contributed by atoms with van der Waals surface area (Å²) in [5.74, 6) is 3.39. The molecule has 6 N–H and O–H groups in total. The Hall–Kier alpha value is -9.48. The Labute approximate surface area is 627 Å². The highest BCUT2D eigenvalue weighted by Crippen LogP contribution is 2.48. The summed E-state index contributed by atoms with van der Waals surface area (Å²) in [6, 6.07) is 13.0. The second kappa shape index (κ2) is 32.5. The highest BCUT2D eigenvalue weighted by atomic mass is 35.5. The first kappa shape index (κ1) is 76.2. The number of carbonyl (C=O) groups excluding carboxylic acids is 1. The van der Waals surface area contributed by atoms with Gasteiger partial charge in [0.1, 0.15) is 51.3 Å². The zero-order chi connectivity index (χ0) is 74.6. The summed E-state index contributed by atoms with van der Waals surface area (Å²) in [6.07, 6.45) is 19.2. The highest BCUT2D eigenvalue weighted by Gasteiger charge is 2.31. The molecule has 0 saturated heterocycles. The predicted octanol–water partition coefficient (Wildman–Crippen LogP) is 18.1. The average molecular weight is 1510 g/mol. The lowest BCUT2D eigenvalue weighted by Gasteiger charge is -2.24. The topological polar surface area (TPSA) is 246 Å². The normalized spacial score (nSPS) is 12.9. The van der Waals surface area contributed by atoms with Gasteiger partial charge in [-0.2, -0.15) is 0 Å². The summed E-state index contributed by atoms with van der Waals surface area (Å²) < 4.78 is 39.4. The first-order chi connectivity index (χ1) is 49.2. The van der Waals surface area contributed by atoms with Gasteiger partial charge in [-0.05, 0) is 102 Å². The van der Waals surface area contributed by atoms with E-state index in [9.17, 15) is 4.79 Å². The van der Waals surface area contributed by atoms with Crippen LogP contribution in [0, 0.1) is 19.7 Å². The van der Waals surface area contributed by atoms with Crippen molar-refractivity contribution in [1.82, 2.24) is 62.9 Å². The Morgan fingerprint density at radius 1 is 0.553 bits per heavy atom. The maximum atomic E-state index is 15.5. The second-order valence-electron chi connectivity index (χ2n) is 24.3. The minimum atomic E-state index is -0.591. The zero-order valence-electron chi connectivity index (χ0n) is 59.1. The number of carbonyl (C=O) groups is 1. The number of nitrogens with two attached hydrogens (primary N) is 3. The number of benzene rings is 3. The van der Waals surface area contributed by atoms with E-state index >= 15 is 4.39 Å². The number of pyridine rings is 2. The number of halogens is 7. The molecule has 3 atom stereocenters. The Kier molecular flexibility index (Phi) is 24.0. The molecule has 103 heavy (non-hydrogen) atoms. The van der Waals surface area contributed by atoms with Crippen LogP contribution in [-0.2, 0) is 4.79 Å². The third-order valence-electron chi connectivity index (χ3n) is 18.0. The quantitative estimate of drug-likeness (QED) is 0.0605. The molecule has 12 rings (SSSR count). The van der Waals surface area contributed by atoms with Crippen molar-refractivity contribution in [2.45, 2.75) is 93.4 Å². The number of ketones is 1. The molecule has 1 aliphatic carbocycles. The maximum absolute atomic E-state index is 15.5. The van der Waals surface area contributed by atoms with Gasteiger partial charge in [-0.25, -0.2) is 34.3 Å². The number of aromatic nitrogens is 11. The van der Waals surface area contributed by atoms with E-state index in [-0.39, 0.29) is 45.1 Å². The fraction of sp³-hybridized carbons (Fsp3) is 0.276. The van der Waals surface area contributed by atoms with Crippen LogP contribution in [0.5, 0.6) is 17.2 Å². The van der Waals surface area contributed by atoms with Crippen molar-refractivity contribution in [2.24, 2.45) is 0 Å². The van der Waals surface area contributed by atoms with Crippen LogP contribution >= 0.6 is 69.6 Å². The standard InChI is InChI=1S/C28H32Cl2N6O.C25H25Cl2FN6O.C23H22Cl2N4O2/c1-7-35(8-2)18(6)22-11-10-19(15-33-22)23-17(5)21(29)14-20(25(23)37-9-3)16(4)28-34-26(30)24-27(31)32-12-13-36(24)28;1-6-35-22-16(13(2)25-32-23(27)21-24(29)30-9-10-34(21)25)11-17(26)20(28)19(22)15-7-8-18(31-12-15)14(3)33(4)5;1-4-31-20-16(11-17(24)13(3)18(20)14-5-7-15(30)8-6-14)12(2)23-28-21(25)19-22(26)27-9-10-29(19)23/h10-16H,6-9H2,1-5H3,(H2,31,32);7-13H,3,6H2,1-2,4-5H3,(H2,29,30);5-7,9-12H,4,8H2,1-3H3,(H2,26,27)/t16-;;/m0../s1. The summed E-state index contributed by atoms with van der Waals surface area (Å²) in [6.45, 7) is 31.1. The SMILES string of the molecule is C=C(c1ccc(-c2c(C)c(Cl)cc([C@H](C)c3nc(Cl)c4c(N)nccn34)c2OCC)cn1)N(CC)CC.C=C(c1ccc(-c2c(F)c(Cl)cc(C(C)c3nc(Cl)c4c(N)nccn34)c2OCC)cn1)N(C)C.CCOc1c(C(C)c2nc(Cl)c3c(N)nccn23)cc(Cl)c(C)c1C1=CCC(=O)C=C1. The number of ether oxygens (including phenoxy) is 3. The number of anilines is 3. The number of fused-ring (bicyclic) bond motifs is 3. The van der Waals surface area contributed by atoms with Gasteiger partial charge < -0.3 is 41.2 Å². The molecule has 0 saturated carbocycles. The van der Waals surface area contributed by atoms with Crippen LogP contribution in [0.15, 0.2) is 123 Å². The maximum Gasteiger partial charge on any atom is 0.159 e. The Bertz CT molecular complexity index is 5130. The van der Waals surface area contributed by atoms with Crippen molar-refractivity contribution in [3.8, 4) is 39.5 Å². The van der Waals surface area contributed by atoms with Gasteiger partial charge in [0, 0.05) is 150 Å². The van der Waals surface area contributed by atoms with Crippen molar-refractivity contribution in [3.05, 3.63) is 222 Å². The predicted molar refractivity (Wildman–Crippen MR) is 415 cm³/mol. The Morgan fingerprint density at radius 3 is 1.30 bits per heavy atom. The van der Waals surface area contributed by atoms with E-state index < -0.39 is 5.82 Å². The molecule has 2 unspecified atom stereocenters. The minimum Gasteiger partial charge on any atom is -0.493 e. The lowest BCUT2D eigenvalue weighted by Crippen LogP contribution is -2.21. The molecular weight excluding hydrogens is 1430 g/mol. The van der Waals surface area contributed by atoms with Crippen LogP contribution < -0.4 is 31.4 Å². The van der Waals surface area contributed by atoms with E-state index in [0.717, 1.165) is 86.2 Å². The van der Waals surface area contributed by atoms with Crippen LogP contribution in [0.3, 0.4) is 0 Å². The zero-order valence-corrected chi connectivity index (χ0v) is 63.6. The molecule has 27 heteroatoms. The summed E-state index contributed by atoms with van der Waals surface area (Å²) in [4.78, 5) is 51.0. The lowest BCUT2D eigenvalue weighted by atomic mass is 9.88. The number of imidazole rings is 3. The van der Waals surface area contributed by atoms with E-state index in [1.807, 2.05) is 126 Å². The summed E-state index contributed by atoms with van der Waals surface area (Å²) in [7, 11) is 3.76. The number of rotatable bonds is 21. The first-order valence-corrected chi connectivity index (χ1v) is 35.5. The number of nitrogens with zero attached hydrogens (tertiary/aromatic N) is 13. The van der Waals surface area contributed by atoms with Crippen molar-refractivity contribution in [3.63, 3.8) is 0 Å². The minimum absolute atomic E-state index is 0.0415. The van der Waals surface area contributed by atoms with Gasteiger partial charge in [0.2, 0.25) is 0 Å². The van der Waals surface area contributed by atoms with Gasteiger partial charge in [-0.15, -0.1) is 0 Å². The van der Waals surface area contributed by atoms with E-state index in [4.69, 9.17) is 106 Å². The van der Waals surface area contributed by atoms with Crippen LogP contribution in [0.25, 0.3) is 55.8 Å². The van der Waals surface area contributed by atoms with Gasteiger partial charge in [0.05, 0.1) is 53.2 Å². The van der Waals surface area contributed by atoms with Gasteiger partial charge in [0.15, 0.2) is 44.5 Å². The van der Waals surface area contributed by atoms with Crippen molar-refractivity contribution in [1.29, 1.82) is 0 Å². The molecule has 8 heterocycles. The lowest BCUT2D eigenvalue weighted by molar-refractivity contribution is -0.113. The summed E-state index contributed by atoms with van der Waals surface area (Å²) in [5, 5.41) is 2.02. The molecule has 11 aromatic rings.